The van der Waals surface area contributed by atoms with E-state index in [1.165, 1.54) is 12.2 Å². The summed E-state index contributed by atoms with van der Waals surface area (Å²) in [5, 5.41) is 0.609. The first-order valence-corrected chi connectivity index (χ1v) is 6.36. The van der Waals surface area contributed by atoms with E-state index in [9.17, 15) is 9.59 Å². The van der Waals surface area contributed by atoms with Crippen LogP contribution in [0.2, 0.25) is 5.02 Å². The van der Waals surface area contributed by atoms with Crippen LogP contribution in [0.4, 0.5) is 0 Å². The molecule has 3 nitrogen and oxygen atoms in total. The van der Waals surface area contributed by atoms with Crippen LogP contribution in [0, 0.1) is 0 Å². The third-order valence-corrected chi connectivity index (χ3v) is 3.20. The number of carbonyl (C=O) groups is 2. The van der Waals surface area contributed by atoms with Crippen molar-refractivity contribution in [2.24, 2.45) is 0 Å². The first-order chi connectivity index (χ1) is 9.65. The Balaban J connectivity index is 2.05. The van der Waals surface area contributed by atoms with Crippen LogP contribution in [0.15, 0.2) is 59.9 Å². The molecule has 4 heteroatoms. The Hall–Kier alpha value is -2.39. The minimum atomic E-state index is -0.577. The molecule has 0 N–H and O–H groups in total. The standard InChI is InChI=1S/C16H9ClO3/c17-11-6-8-14-10(9-11)5-7-15(20-14)12-3-1-2-4-13(18)16(12)19/h1-9H/b15-12-. The van der Waals surface area contributed by atoms with Crippen molar-refractivity contribution in [3.05, 3.63) is 70.5 Å². The van der Waals surface area contributed by atoms with Crippen LogP contribution in [0.3, 0.4) is 0 Å². The predicted octanol–water partition coefficient (Wildman–Crippen LogP) is 3.26. The fourth-order valence-electron chi connectivity index (χ4n) is 1.98. The summed E-state index contributed by atoms with van der Waals surface area (Å²) in [6.07, 6.45) is 9.45. The molecular formula is C16H9ClO3. The zero-order valence-electron chi connectivity index (χ0n) is 10.3. The van der Waals surface area contributed by atoms with Crippen molar-refractivity contribution in [3.63, 3.8) is 0 Å². The molecule has 1 aromatic carbocycles. The molecule has 0 saturated heterocycles. The Morgan fingerprint density at radius 2 is 1.75 bits per heavy atom. The number of ether oxygens (including phenoxy) is 1. The number of benzene rings is 1. The lowest BCUT2D eigenvalue weighted by atomic mass is 10.0. The molecule has 0 aromatic heterocycles. The summed E-state index contributed by atoms with van der Waals surface area (Å²) in [4.78, 5) is 23.5. The van der Waals surface area contributed by atoms with Crippen molar-refractivity contribution >= 4 is 29.2 Å². The van der Waals surface area contributed by atoms with Gasteiger partial charge < -0.3 is 4.74 Å². The summed E-state index contributed by atoms with van der Waals surface area (Å²) in [6, 6.07) is 5.21. The van der Waals surface area contributed by atoms with E-state index in [-0.39, 0.29) is 5.57 Å². The van der Waals surface area contributed by atoms with Gasteiger partial charge in [-0.15, -0.1) is 0 Å². The summed E-state index contributed by atoms with van der Waals surface area (Å²) in [7, 11) is 0. The van der Waals surface area contributed by atoms with Crippen LogP contribution in [-0.2, 0) is 9.59 Å². The van der Waals surface area contributed by atoms with E-state index in [1.807, 2.05) is 0 Å². The molecule has 0 bridgehead atoms. The van der Waals surface area contributed by atoms with Gasteiger partial charge in [0.05, 0.1) is 5.57 Å². The highest BCUT2D eigenvalue weighted by Crippen LogP contribution is 2.31. The Kier molecular flexibility index (Phi) is 3.12. The number of Topliss-reactive ketones (excluding diaryl/α,β-unsaturated/α-hetero) is 1. The normalized spacial score (nSPS) is 20.6. The summed E-state index contributed by atoms with van der Waals surface area (Å²) < 4.78 is 5.68. The molecule has 1 aromatic rings. The molecule has 0 unspecified atom stereocenters. The second-order valence-electron chi connectivity index (χ2n) is 4.31. The van der Waals surface area contributed by atoms with E-state index >= 15 is 0 Å². The molecule has 0 amide bonds. The Morgan fingerprint density at radius 1 is 0.950 bits per heavy atom. The third-order valence-electron chi connectivity index (χ3n) is 2.96. The largest absolute Gasteiger partial charge is 0.456 e. The van der Waals surface area contributed by atoms with E-state index in [4.69, 9.17) is 16.3 Å². The average Bonchev–Trinajstić information content (AvgIpc) is 2.61. The lowest BCUT2D eigenvalue weighted by Crippen LogP contribution is -2.15. The maximum Gasteiger partial charge on any atom is 0.236 e. The van der Waals surface area contributed by atoms with Gasteiger partial charge in [0.25, 0.3) is 0 Å². The number of carbonyl (C=O) groups excluding carboxylic acids is 2. The van der Waals surface area contributed by atoms with Crippen LogP contribution in [0.5, 0.6) is 5.75 Å². The molecule has 1 heterocycles. The number of allylic oxidation sites excluding steroid dienone is 6. The third kappa shape index (κ3) is 2.24. The number of hydrogen-bond acceptors (Lipinski definition) is 3. The van der Waals surface area contributed by atoms with E-state index < -0.39 is 11.6 Å². The van der Waals surface area contributed by atoms with Gasteiger partial charge in [0.1, 0.15) is 11.5 Å². The van der Waals surface area contributed by atoms with Crippen molar-refractivity contribution < 1.29 is 14.3 Å². The maximum absolute atomic E-state index is 12.0. The molecule has 1 aliphatic carbocycles. The first-order valence-electron chi connectivity index (χ1n) is 5.98. The molecule has 0 fully saturated rings. The zero-order chi connectivity index (χ0) is 14.1. The average molecular weight is 285 g/mol. The molecule has 2 aliphatic rings. The molecule has 0 spiro atoms. The van der Waals surface area contributed by atoms with Crippen molar-refractivity contribution in [2.45, 2.75) is 0 Å². The number of hydrogen-bond donors (Lipinski definition) is 0. The maximum atomic E-state index is 12.0. The second-order valence-corrected chi connectivity index (χ2v) is 4.74. The van der Waals surface area contributed by atoms with E-state index in [0.717, 1.165) is 5.56 Å². The molecule has 0 radical (unpaired) electrons. The second kappa shape index (κ2) is 4.94. The van der Waals surface area contributed by atoms with Gasteiger partial charge in [-0.1, -0.05) is 23.8 Å². The van der Waals surface area contributed by atoms with Crippen LogP contribution < -0.4 is 4.74 Å². The van der Waals surface area contributed by atoms with Gasteiger partial charge in [-0.25, -0.2) is 0 Å². The Bertz CT molecular complexity index is 736. The van der Waals surface area contributed by atoms with Gasteiger partial charge in [-0.2, -0.15) is 0 Å². The van der Waals surface area contributed by atoms with Crippen LogP contribution >= 0.6 is 11.6 Å². The van der Waals surface area contributed by atoms with E-state index in [1.54, 1.807) is 42.5 Å². The van der Waals surface area contributed by atoms with Crippen molar-refractivity contribution in [3.8, 4) is 5.75 Å². The monoisotopic (exact) mass is 284 g/mol. The predicted molar refractivity (Wildman–Crippen MR) is 76.4 cm³/mol. The quantitative estimate of drug-likeness (QED) is 0.542. The van der Waals surface area contributed by atoms with Gasteiger partial charge in [0.15, 0.2) is 0 Å². The molecule has 3 rings (SSSR count). The molecule has 0 saturated carbocycles. The lowest BCUT2D eigenvalue weighted by Gasteiger charge is -2.16. The minimum Gasteiger partial charge on any atom is -0.456 e. The summed E-state index contributed by atoms with van der Waals surface area (Å²) in [6.45, 7) is 0. The number of fused-ring (bicyclic) bond motifs is 1. The molecule has 0 atom stereocenters. The van der Waals surface area contributed by atoms with E-state index in [0.29, 0.717) is 16.5 Å². The van der Waals surface area contributed by atoms with E-state index in [2.05, 4.69) is 0 Å². The SMILES string of the molecule is O=C1C=CC=C/C(=C2\C=Cc3cc(Cl)ccc3O2)C1=O. The lowest BCUT2D eigenvalue weighted by molar-refractivity contribution is -0.131. The van der Waals surface area contributed by atoms with Gasteiger partial charge in [0.2, 0.25) is 11.6 Å². The number of halogens is 1. The topological polar surface area (TPSA) is 43.4 Å². The molecule has 98 valence electrons. The molecule has 1 aliphatic heterocycles. The summed E-state index contributed by atoms with van der Waals surface area (Å²) in [5.74, 6) is -0.174. The first kappa shape index (κ1) is 12.6. The van der Waals surface area contributed by atoms with Gasteiger partial charge in [-0.3, -0.25) is 9.59 Å². The Labute approximate surface area is 120 Å². The summed E-state index contributed by atoms with van der Waals surface area (Å²) >= 11 is 5.91. The van der Waals surface area contributed by atoms with Gasteiger partial charge in [0, 0.05) is 10.6 Å². The van der Waals surface area contributed by atoms with Crippen molar-refractivity contribution in [2.75, 3.05) is 0 Å². The van der Waals surface area contributed by atoms with Crippen LogP contribution in [0.25, 0.3) is 6.08 Å². The van der Waals surface area contributed by atoms with Gasteiger partial charge in [-0.05, 0) is 42.5 Å². The minimum absolute atomic E-state index is 0.247. The molecular weight excluding hydrogens is 276 g/mol. The highest BCUT2D eigenvalue weighted by atomic mass is 35.5. The Morgan fingerprint density at radius 3 is 2.60 bits per heavy atom. The summed E-state index contributed by atoms with van der Waals surface area (Å²) in [5.41, 5.74) is 1.08. The van der Waals surface area contributed by atoms with Crippen LogP contribution in [-0.4, -0.2) is 11.6 Å². The number of rotatable bonds is 0. The fraction of sp³-hybridized carbons (Fsp3) is 0. The van der Waals surface area contributed by atoms with Gasteiger partial charge >= 0.3 is 0 Å². The smallest absolute Gasteiger partial charge is 0.236 e. The number of ketones is 2. The fourth-order valence-corrected chi connectivity index (χ4v) is 2.16. The highest BCUT2D eigenvalue weighted by Gasteiger charge is 2.22. The molecule has 20 heavy (non-hydrogen) atoms. The zero-order valence-corrected chi connectivity index (χ0v) is 11.1. The van der Waals surface area contributed by atoms with Crippen molar-refractivity contribution in [1.82, 2.24) is 0 Å². The van der Waals surface area contributed by atoms with Crippen molar-refractivity contribution in [1.29, 1.82) is 0 Å². The van der Waals surface area contributed by atoms with Crippen LogP contribution in [0.1, 0.15) is 5.56 Å². The highest BCUT2D eigenvalue weighted by molar-refractivity contribution is 6.48.